The van der Waals surface area contributed by atoms with E-state index in [1.807, 2.05) is 24.3 Å². The summed E-state index contributed by atoms with van der Waals surface area (Å²) in [6.07, 6.45) is 11.5. The van der Waals surface area contributed by atoms with Crippen molar-refractivity contribution in [3.05, 3.63) is 48.1 Å². The Bertz CT molecular complexity index is 498. The van der Waals surface area contributed by atoms with Crippen LogP contribution in [0.1, 0.15) is 51.0 Å². The Morgan fingerprint density at radius 1 is 1.18 bits per heavy atom. The Balaban J connectivity index is 2.77. The number of hydrogen-bond acceptors (Lipinski definition) is 2. The van der Waals surface area contributed by atoms with Gasteiger partial charge >= 0.3 is 5.97 Å². The Morgan fingerprint density at radius 3 is 2.50 bits per heavy atom. The normalized spacial score (nSPS) is 11.8. The van der Waals surface area contributed by atoms with E-state index in [1.165, 1.54) is 24.8 Å². The lowest BCUT2D eigenvalue weighted by Crippen LogP contribution is -1.90. The minimum atomic E-state index is -0.807. The minimum Gasteiger partial charge on any atom is -0.497 e. The van der Waals surface area contributed by atoms with Gasteiger partial charge in [-0.25, -0.2) is 0 Å². The van der Waals surface area contributed by atoms with Crippen molar-refractivity contribution in [1.29, 1.82) is 0 Å². The third kappa shape index (κ3) is 7.11. The van der Waals surface area contributed by atoms with Gasteiger partial charge in [-0.05, 0) is 36.1 Å². The maximum atomic E-state index is 10.5. The second kappa shape index (κ2) is 10.7. The van der Waals surface area contributed by atoms with Gasteiger partial charge in [-0.15, -0.1) is 0 Å². The number of rotatable bonds is 10. The zero-order chi connectivity index (χ0) is 16.2. The summed E-state index contributed by atoms with van der Waals surface area (Å²) < 4.78 is 5.19. The molecule has 1 aromatic carbocycles. The van der Waals surface area contributed by atoms with Crippen molar-refractivity contribution >= 4 is 11.5 Å². The van der Waals surface area contributed by atoms with E-state index in [0.29, 0.717) is 0 Å². The summed E-state index contributed by atoms with van der Waals surface area (Å²) in [5.74, 6) is 0.0362. The van der Waals surface area contributed by atoms with Gasteiger partial charge in [-0.3, -0.25) is 4.79 Å². The van der Waals surface area contributed by atoms with Crippen molar-refractivity contribution in [2.24, 2.45) is 0 Å². The lowest BCUT2D eigenvalue weighted by molar-refractivity contribution is -0.136. The third-order valence-corrected chi connectivity index (χ3v) is 3.49. The average molecular weight is 302 g/mol. The number of methoxy groups -OCH3 is 1. The van der Waals surface area contributed by atoms with Gasteiger partial charge in [0.25, 0.3) is 0 Å². The van der Waals surface area contributed by atoms with Crippen LogP contribution in [-0.2, 0) is 4.79 Å². The number of ether oxygens (including phenoxy) is 1. The van der Waals surface area contributed by atoms with Crippen LogP contribution in [0.4, 0.5) is 0 Å². The number of allylic oxidation sites excluding steroid dienone is 3. The largest absolute Gasteiger partial charge is 0.497 e. The quantitative estimate of drug-likeness (QED) is 0.484. The molecule has 120 valence electrons. The molecule has 0 fully saturated rings. The van der Waals surface area contributed by atoms with Crippen molar-refractivity contribution in [2.75, 3.05) is 7.11 Å². The molecule has 0 bridgehead atoms. The van der Waals surface area contributed by atoms with Crippen LogP contribution in [-0.4, -0.2) is 18.2 Å². The van der Waals surface area contributed by atoms with Gasteiger partial charge in [0.15, 0.2) is 0 Å². The second-order valence-electron chi connectivity index (χ2n) is 5.26. The van der Waals surface area contributed by atoms with Crippen LogP contribution in [0, 0.1) is 0 Å². The van der Waals surface area contributed by atoms with Crippen LogP contribution < -0.4 is 4.74 Å². The molecule has 0 spiro atoms. The van der Waals surface area contributed by atoms with Crippen molar-refractivity contribution in [3.63, 3.8) is 0 Å². The number of carboxylic acids is 1. The number of hydrogen-bond donors (Lipinski definition) is 1. The van der Waals surface area contributed by atoms with Crippen LogP contribution in [0.5, 0.6) is 5.75 Å². The Morgan fingerprint density at radius 2 is 1.91 bits per heavy atom. The summed E-state index contributed by atoms with van der Waals surface area (Å²) in [6.45, 7) is 2.20. The van der Waals surface area contributed by atoms with E-state index in [9.17, 15) is 4.79 Å². The second-order valence-corrected chi connectivity index (χ2v) is 5.26. The molecule has 0 saturated carbocycles. The number of benzene rings is 1. The fourth-order valence-corrected chi connectivity index (χ4v) is 2.22. The van der Waals surface area contributed by atoms with Crippen LogP contribution in [0.25, 0.3) is 5.57 Å². The highest BCUT2D eigenvalue weighted by molar-refractivity contribution is 5.70. The summed E-state index contributed by atoms with van der Waals surface area (Å²) in [5, 5.41) is 8.67. The summed E-state index contributed by atoms with van der Waals surface area (Å²) >= 11 is 0. The molecule has 0 saturated heterocycles. The van der Waals surface area contributed by atoms with Gasteiger partial charge in [0, 0.05) is 0 Å². The zero-order valence-electron chi connectivity index (χ0n) is 13.5. The Kier molecular flexibility index (Phi) is 8.73. The molecule has 0 aliphatic rings. The maximum Gasteiger partial charge on any atom is 0.307 e. The molecular formula is C19H26O3. The molecule has 1 N–H and O–H groups in total. The first-order chi connectivity index (χ1) is 10.7. The predicted molar refractivity (Wildman–Crippen MR) is 91.1 cm³/mol. The van der Waals surface area contributed by atoms with E-state index in [4.69, 9.17) is 9.84 Å². The SMILES string of the molecule is CCCCCC/C(=C\C=C\CC(=O)O)c1ccc(OC)cc1. The topological polar surface area (TPSA) is 46.5 Å². The first kappa shape index (κ1) is 18.0. The molecule has 3 nitrogen and oxygen atoms in total. The lowest BCUT2D eigenvalue weighted by atomic mass is 9.98. The highest BCUT2D eigenvalue weighted by Crippen LogP contribution is 2.24. The molecule has 3 heteroatoms. The number of carbonyl (C=O) groups is 1. The van der Waals surface area contributed by atoms with Crippen molar-refractivity contribution in [2.45, 2.75) is 45.4 Å². The molecular weight excluding hydrogens is 276 g/mol. The van der Waals surface area contributed by atoms with E-state index in [0.717, 1.165) is 24.2 Å². The number of unbranched alkanes of at least 4 members (excludes halogenated alkanes) is 3. The van der Waals surface area contributed by atoms with Crippen molar-refractivity contribution in [1.82, 2.24) is 0 Å². The zero-order valence-corrected chi connectivity index (χ0v) is 13.5. The van der Waals surface area contributed by atoms with Crippen LogP contribution >= 0.6 is 0 Å². The predicted octanol–water partition coefficient (Wildman–Crippen LogP) is 5.08. The molecule has 0 aromatic heterocycles. The first-order valence-corrected chi connectivity index (χ1v) is 7.89. The molecule has 0 aliphatic heterocycles. The minimum absolute atomic E-state index is 0.0578. The fraction of sp³-hybridized carbons (Fsp3) is 0.421. The molecule has 0 heterocycles. The molecule has 22 heavy (non-hydrogen) atoms. The van der Waals surface area contributed by atoms with Crippen LogP contribution in [0.3, 0.4) is 0 Å². The molecule has 0 unspecified atom stereocenters. The van der Waals surface area contributed by atoms with E-state index < -0.39 is 5.97 Å². The van der Waals surface area contributed by atoms with Gasteiger partial charge in [0.05, 0.1) is 13.5 Å². The van der Waals surface area contributed by atoms with Crippen LogP contribution in [0.2, 0.25) is 0 Å². The first-order valence-electron chi connectivity index (χ1n) is 7.89. The summed E-state index contributed by atoms with van der Waals surface area (Å²) in [6, 6.07) is 8.01. The van der Waals surface area contributed by atoms with Gasteiger partial charge in [-0.1, -0.05) is 56.5 Å². The highest BCUT2D eigenvalue weighted by Gasteiger charge is 2.02. The average Bonchev–Trinajstić information content (AvgIpc) is 2.53. The standard InChI is InChI=1S/C19H26O3/c1-3-4-5-6-9-16(10-7-8-11-19(20)21)17-12-14-18(22-2)15-13-17/h7-8,10,12-15H,3-6,9,11H2,1-2H3,(H,20,21)/b8-7+,16-10+. The van der Waals surface area contributed by atoms with E-state index in [1.54, 1.807) is 13.2 Å². The fourth-order valence-electron chi connectivity index (χ4n) is 2.22. The highest BCUT2D eigenvalue weighted by atomic mass is 16.5. The van der Waals surface area contributed by atoms with E-state index >= 15 is 0 Å². The molecule has 1 rings (SSSR count). The van der Waals surface area contributed by atoms with E-state index in [-0.39, 0.29) is 6.42 Å². The van der Waals surface area contributed by atoms with E-state index in [2.05, 4.69) is 19.1 Å². The van der Waals surface area contributed by atoms with Crippen molar-refractivity contribution in [3.8, 4) is 5.75 Å². The molecule has 0 radical (unpaired) electrons. The third-order valence-electron chi connectivity index (χ3n) is 3.49. The van der Waals surface area contributed by atoms with Gasteiger partial charge < -0.3 is 9.84 Å². The van der Waals surface area contributed by atoms with Crippen molar-refractivity contribution < 1.29 is 14.6 Å². The molecule has 0 aliphatic carbocycles. The number of aliphatic carboxylic acids is 1. The summed E-state index contributed by atoms with van der Waals surface area (Å²) in [4.78, 5) is 10.5. The van der Waals surface area contributed by atoms with Gasteiger partial charge in [-0.2, -0.15) is 0 Å². The number of carboxylic acid groups (broad SMARTS) is 1. The Labute approximate surface area is 133 Å². The molecule has 0 amide bonds. The van der Waals surface area contributed by atoms with Gasteiger partial charge in [0.1, 0.15) is 5.75 Å². The lowest BCUT2D eigenvalue weighted by Gasteiger charge is -2.08. The van der Waals surface area contributed by atoms with Gasteiger partial charge in [0.2, 0.25) is 0 Å². The monoisotopic (exact) mass is 302 g/mol. The van der Waals surface area contributed by atoms with Crippen LogP contribution in [0.15, 0.2) is 42.5 Å². The summed E-state index contributed by atoms with van der Waals surface area (Å²) in [7, 11) is 1.66. The smallest absolute Gasteiger partial charge is 0.307 e. The maximum absolute atomic E-state index is 10.5. The Hall–Kier alpha value is -2.03. The molecule has 0 atom stereocenters. The summed E-state index contributed by atoms with van der Waals surface area (Å²) in [5.41, 5.74) is 2.40. The molecule has 1 aromatic rings.